The van der Waals surface area contributed by atoms with Gasteiger partial charge in [-0.25, -0.2) is 0 Å². The van der Waals surface area contributed by atoms with Crippen molar-refractivity contribution in [2.45, 2.75) is 31.8 Å². The first-order chi connectivity index (χ1) is 7.81. The molecule has 0 saturated carbocycles. The van der Waals surface area contributed by atoms with E-state index >= 15 is 0 Å². The van der Waals surface area contributed by atoms with Gasteiger partial charge in [0.25, 0.3) is 0 Å². The van der Waals surface area contributed by atoms with Crippen LogP contribution < -0.4 is 0 Å². The van der Waals surface area contributed by atoms with Crippen molar-refractivity contribution in [1.82, 2.24) is 0 Å². The zero-order valence-electron chi connectivity index (χ0n) is 9.02. The van der Waals surface area contributed by atoms with E-state index in [0.29, 0.717) is 0 Å². The van der Waals surface area contributed by atoms with Crippen molar-refractivity contribution in [2.75, 3.05) is 0 Å². The molecular formula is C13H14O3. The Morgan fingerprint density at radius 2 is 2.25 bits per heavy atom. The molecule has 1 aliphatic carbocycles. The van der Waals surface area contributed by atoms with Gasteiger partial charge in [-0.15, -0.1) is 0 Å². The molecule has 1 aromatic carbocycles. The monoisotopic (exact) mass is 218 g/mol. The Kier molecular flexibility index (Phi) is 3.34. The van der Waals surface area contributed by atoms with Crippen molar-refractivity contribution >= 4 is 12.3 Å². The van der Waals surface area contributed by atoms with Crippen LogP contribution in [-0.4, -0.2) is 12.3 Å². The summed E-state index contributed by atoms with van der Waals surface area (Å²) in [5.74, 6) is -0.284. The molecule has 0 N–H and O–H groups in total. The van der Waals surface area contributed by atoms with Gasteiger partial charge in [0.15, 0.2) is 0 Å². The van der Waals surface area contributed by atoms with Crippen LogP contribution in [0.2, 0.25) is 0 Å². The van der Waals surface area contributed by atoms with Gasteiger partial charge in [0.2, 0.25) is 0 Å². The minimum Gasteiger partial charge on any atom is -0.457 e. The Bertz CT molecular complexity index is 398. The summed E-state index contributed by atoms with van der Waals surface area (Å²) in [5, 5.41) is 0. The molecule has 0 radical (unpaired) electrons. The van der Waals surface area contributed by atoms with Gasteiger partial charge >= 0.3 is 5.97 Å². The number of fused-ring (bicyclic) bond motifs is 1. The third-order valence-corrected chi connectivity index (χ3v) is 2.82. The predicted molar refractivity (Wildman–Crippen MR) is 58.9 cm³/mol. The van der Waals surface area contributed by atoms with E-state index in [1.54, 1.807) is 0 Å². The SMILES string of the molecule is O=CCCC(=O)O[C@H]1CCc2ccccc21. The molecular weight excluding hydrogens is 204 g/mol. The van der Waals surface area contributed by atoms with Crippen LogP contribution in [0.15, 0.2) is 24.3 Å². The number of esters is 1. The largest absolute Gasteiger partial charge is 0.457 e. The number of benzene rings is 1. The molecule has 0 aromatic heterocycles. The Hall–Kier alpha value is -1.64. The van der Waals surface area contributed by atoms with Gasteiger partial charge in [-0.1, -0.05) is 24.3 Å². The molecule has 16 heavy (non-hydrogen) atoms. The summed E-state index contributed by atoms with van der Waals surface area (Å²) >= 11 is 0. The Morgan fingerprint density at radius 3 is 3.06 bits per heavy atom. The summed E-state index contributed by atoms with van der Waals surface area (Å²) < 4.78 is 5.34. The average Bonchev–Trinajstić information content (AvgIpc) is 2.70. The maximum Gasteiger partial charge on any atom is 0.306 e. The molecule has 0 unspecified atom stereocenters. The van der Waals surface area contributed by atoms with Gasteiger partial charge in [-0.05, 0) is 24.0 Å². The summed E-state index contributed by atoms with van der Waals surface area (Å²) in [7, 11) is 0. The highest BCUT2D eigenvalue weighted by atomic mass is 16.5. The van der Waals surface area contributed by atoms with Crippen LogP contribution >= 0.6 is 0 Å². The van der Waals surface area contributed by atoms with Gasteiger partial charge in [-0.2, -0.15) is 0 Å². The fourth-order valence-corrected chi connectivity index (χ4v) is 2.03. The van der Waals surface area contributed by atoms with E-state index in [1.165, 1.54) is 5.56 Å². The van der Waals surface area contributed by atoms with Crippen molar-refractivity contribution in [1.29, 1.82) is 0 Å². The molecule has 3 heteroatoms. The minimum absolute atomic E-state index is 0.115. The number of ether oxygens (including phenoxy) is 1. The number of aryl methyl sites for hydroxylation is 1. The zero-order valence-corrected chi connectivity index (χ0v) is 9.02. The molecule has 0 bridgehead atoms. The lowest BCUT2D eigenvalue weighted by Crippen LogP contribution is -2.09. The molecule has 0 saturated heterocycles. The second-order valence-corrected chi connectivity index (χ2v) is 3.92. The zero-order chi connectivity index (χ0) is 11.4. The summed E-state index contributed by atoms with van der Waals surface area (Å²) in [4.78, 5) is 21.5. The number of carbonyl (C=O) groups is 2. The molecule has 1 aromatic rings. The molecule has 0 amide bonds. The van der Waals surface area contributed by atoms with E-state index in [0.717, 1.165) is 24.7 Å². The molecule has 0 heterocycles. The van der Waals surface area contributed by atoms with Crippen LogP contribution in [0.5, 0.6) is 0 Å². The highest BCUT2D eigenvalue weighted by molar-refractivity contribution is 5.72. The predicted octanol–water partition coefficient (Wildman–Crippen LogP) is 2.20. The van der Waals surface area contributed by atoms with Gasteiger partial charge in [-0.3, -0.25) is 4.79 Å². The van der Waals surface area contributed by atoms with Gasteiger partial charge < -0.3 is 9.53 Å². The van der Waals surface area contributed by atoms with Crippen LogP contribution in [-0.2, 0) is 20.7 Å². The van der Waals surface area contributed by atoms with E-state index in [1.807, 2.05) is 18.2 Å². The third kappa shape index (κ3) is 2.30. The fourth-order valence-electron chi connectivity index (χ4n) is 2.03. The Balaban J connectivity index is 1.98. The van der Waals surface area contributed by atoms with Gasteiger partial charge in [0.1, 0.15) is 12.4 Å². The van der Waals surface area contributed by atoms with Gasteiger partial charge in [0.05, 0.1) is 6.42 Å². The van der Waals surface area contributed by atoms with E-state index in [4.69, 9.17) is 4.74 Å². The summed E-state index contributed by atoms with van der Waals surface area (Å²) in [6.45, 7) is 0. The molecule has 3 nitrogen and oxygen atoms in total. The quantitative estimate of drug-likeness (QED) is 0.574. The molecule has 0 fully saturated rings. The molecule has 2 rings (SSSR count). The maximum absolute atomic E-state index is 11.4. The average molecular weight is 218 g/mol. The maximum atomic E-state index is 11.4. The van der Waals surface area contributed by atoms with Crippen molar-refractivity contribution in [3.05, 3.63) is 35.4 Å². The Morgan fingerprint density at radius 1 is 1.44 bits per heavy atom. The van der Waals surface area contributed by atoms with E-state index in [9.17, 15) is 9.59 Å². The number of hydrogen-bond donors (Lipinski definition) is 0. The van der Waals surface area contributed by atoms with Crippen molar-refractivity contribution in [2.24, 2.45) is 0 Å². The number of carbonyl (C=O) groups excluding carboxylic acids is 2. The first-order valence-electron chi connectivity index (χ1n) is 5.52. The lowest BCUT2D eigenvalue weighted by molar-refractivity contribution is -0.149. The molecule has 0 spiro atoms. The lowest BCUT2D eigenvalue weighted by atomic mass is 10.1. The van der Waals surface area contributed by atoms with E-state index < -0.39 is 0 Å². The van der Waals surface area contributed by atoms with E-state index in [-0.39, 0.29) is 24.9 Å². The summed E-state index contributed by atoms with van der Waals surface area (Å²) in [6, 6.07) is 8.01. The van der Waals surface area contributed by atoms with Crippen LogP contribution in [0.4, 0.5) is 0 Å². The standard InChI is InChI=1S/C13H14O3/c14-9-3-6-13(15)16-12-8-7-10-4-1-2-5-11(10)12/h1-2,4-5,9,12H,3,6-8H2/t12-/m0/s1. The highest BCUT2D eigenvalue weighted by Crippen LogP contribution is 2.33. The molecule has 84 valence electrons. The first kappa shape index (κ1) is 10.9. The van der Waals surface area contributed by atoms with Crippen LogP contribution in [0, 0.1) is 0 Å². The van der Waals surface area contributed by atoms with Crippen LogP contribution in [0.25, 0.3) is 0 Å². The molecule has 1 aliphatic rings. The van der Waals surface area contributed by atoms with Crippen molar-refractivity contribution < 1.29 is 14.3 Å². The second kappa shape index (κ2) is 4.92. The molecule has 1 atom stereocenters. The van der Waals surface area contributed by atoms with Crippen LogP contribution in [0.3, 0.4) is 0 Å². The minimum atomic E-state index is -0.284. The number of aldehydes is 1. The van der Waals surface area contributed by atoms with Gasteiger partial charge in [0, 0.05) is 6.42 Å². The smallest absolute Gasteiger partial charge is 0.306 e. The number of rotatable bonds is 4. The topological polar surface area (TPSA) is 43.4 Å². The Labute approximate surface area is 94.4 Å². The molecule has 0 aliphatic heterocycles. The third-order valence-electron chi connectivity index (χ3n) is 2.82. The van der Waals surface area contributed by atoms with Crippen LogP contribution in [0.1, 0.15) is 36.5 Å². The lowest BCUT2D eigenvalue weighted by Gasteiger charge is -2.12. The van der Waals surface area contributed by atoms with Crippen molar-refractivity contribution in [3.63, 3.8) is 0 Å². The first-order valence-corrected chi connectivity index (χ1v) is 5.52. The fraction of sp³-hybridized carbons (Fsp3) is 0.385. The highest BCUT2D eigenvalue weighted by Gasteiger charge is 2.24. The second-order valence-electron chi connectivity index (χ2n) is 3.92. The summed E-state index contributed by atoms with van der Waals surface area (Å²) in [6.07, 6.45) is 2.86. The van der Waals surface area contributed by atoms with E-state index in [2.05, 4.69) is 6.07 Å². The number of hydrogen-bond acceptors (Lipinski definition) is 3. The summed E-state index contributed by atoms with van der Waals surface area (Å²) in [5.41, 5.74) is 2.37. The van der Waals surface area contributed by atoms with Crippen molar-refractivity contribution in [3.8, 4) is 0 Å². The normalized spacial score (nSPS) is 17.9.